The molecule has 128 valence electrons. The monoisotopic (exact) mass is 554 g/mol. The van der Waals surface area contributed by atoms with E-state index < -0.39 is 12.0 Å². The molecule has 1 unspecified atom stereocenters. The van der Waals surface area contributed by atoms with Crippen molar-refractivity contribution in [3.63, 3.8) is 0 Å². The first-order valence-corrected chi connectivity index (χ1v) is 9.19. The summed E-state index contributed by atoms with van der Waals surface area (Å²) in [6, 6.07) is 7.83. The minimum Gasteiger partial charge on any atom is -0.544 e. The number of nitrogens with two attached hydrogens (primary N) is 1. The quantitative estimate of drug-likeness (QED) is 0.456. The fraction of sp³-hybridized carbons (Fsp3) is 0.188. The van der Waals surface area contributed by atoms with Gasteiger partial charge in [0.1, 0.15) is 17.5 Å². The predicted molar refractivity (Wildman–Crippen MR) is 103 cm³/mol. The molecule has 0 aliphatic heterocycles. The van der Waals surface area contributed by atoms with Gasteiger partial charge in [0.2, 0.25) is 0 Å². The lowest BCUT2D eigenvalue weighted by Crippen LogP contribution is -2.69. The van der Waals surface area contributed by atoms with Crippen LogP contribution >= 0.6 is 45.2 Å². The van der Waals surface area contributed by atoms with Crippen LogP contribution < -0.4 is 21.3 Å². The fourth-order valence-corrected chi connectivity index (χ4v) is 4.22. The van der Waals surface area contributed by atoms with Crippen LogP contribution in [0.4, 0.5) is 0 Å². The molecule has 0 saturated carbocycles. The number of quaternary nitrogens is 1. The zero-order valence-electron chi connectivity index (χ0n) is 12.6. The number of rotatable bonds is 6. The predicted octanol–water partition coefficient (Wildman–Crippen LogP) is 0.755. The fourth-order valence-electron chi connectivity index (χ4n) is 2.10. The van der Waals surface area contributed by atoms with Crippen molar-refractivity contribution in [3.8, 4) is 17.2 Å². The smallest absolute Gasteiger partial charge is 0.154 e. The van der Waals surface area contributed by atoms with Gasteiger partial charge >= 0.3 is 0 Å². The van der Waals surface area contributed by atoms with Crippen molar-refractivity contribution >= 4 is 51.2 Å². The van der Waals surface area contributed by atoms with E-state index in [4.69, 9.17) is 10.5 Å². The van der Waals surface area contributed by atoms with E-state index in [1.165, 1.54) is 0 Å². The number of aliphatic carboxylic acids is 1. The van der Waals surface area contributed by atoms with Crippen LogP contribution in [0.3, 0.4) is 0 Å². The normalized spacial score (nSPS) is 12.0. The van der Waals surface area contributed by atoms with Gasteiger partial charge in [-0.3, -0.25) is 0 Å². The van der Waals surface area contributed by atoms with Crippen molar-refractivity contribution in [2.45, 2.75) is 19.0 Å². The molecule has 6 N–H and O–H groups in total. The molecule has 0 radical (unpaired) electrons. The molecule has 2 rings (SSSR count). The third kappa shape index (κ3) is 4.71. The highest BCUT2D eigenvalue weighted by Crippen LogP contribution is 2.34. The zero-order chi connectivity index (χ0) is 17.9. The first-order valence-electron chi connectivity index (χ1n) is 7.03. The molecule has 6 nitrogen and oxygen atoms in total. The van der Waals surface area contributed by atoms with Gasteiger partial charge in [-0.05, 0) is 81.1 Å². The third-order valence-electron chi connectivity index (χ3n) is 3.36. The number of phenolic OH excluding ortho intramolecular Hbond substituents is 1. The summed E-state index contributed by atoms with van der Waals surface area (Å²) in [5.74, 6) is 0.205. The van der Waals surface area contributed by atoms with Crippen LogP contribution in [0.1, 0.15) is 11.1 Å². The Morgan fingerprint density at radius 1 is 1.29 bits per heavy atom. The van der Waals surface area contributed by atoms with Gasteiger partial charge in [-0.2, -0.15) is 0 Å². The summed E-state index contributed by atoms with van der Waals surface area (Å²) in [5, 5.41) is 20.5. The van der Waals surface area contributed by atoms with Crippen molar-refractivity contribution in [2.24, 2.45) is 5.73 Å². The minimum absolute atomic E-state index is 0.133. The van der Waals surface area contributed by atoms with Crippen molar-refractivity contribution < 1.29 is 25.5 Å². The Balaban J connectivity index is 2.27. The maximum atomic E-state index is 10.8. The van der Waals surface area contributed by atoms with Crippen LogP contribution in [0.2, 0.25) is 0 Å². The van der Waals surface area contributed by atoms with Gasteiger partial charge in [0.25, 0.3) is 0 Å². The van der Waals surface area contributed by atoms with Crippen molar-refractivity contribution in [1.29, 1.82) is 0 Å². The standard InChI is InChI=1S/C16H16I2N2O4/c17-11-3-8(5-13(20)16(22)23)4-12(18)15(11)24-10-1-2-14(21)9(6-10)7-19/h1-4,6,13,21H,5,7,19-20H2,(H,22,23). The number of halogens is 2. The number of carbonyl (C=O) groups excluding carboxylic acids is 1. The van der Waals surface area contributed by atoms with E-state index in [0.29, 0.717) is 23.5 Å². The molecule has 0 fully saturated rings. The van der Waals surface area contributed by atoms with Gasteiger partial charge in [0, 0.05) is 18.5 Å². The lowest BCUT2D eigenvalue weighted by molar-refractivity contribution is -0.437. The number of benzene rings is 2. The lowest BCUT2D eigenvalue weighted by Gasteiger charge is -2.14. The topological polar surface area (TPSA) is 123 Å². The Hall–Kier alpha value is -1.11. The molecule has 0 aliphatic carbocycles. The number of ether oxygens (including phenoxy) is 1. The first-order chi connectivity index (χ1) is 11.3. The van der Waals surface area contributed by atoms with Gasteiger partial charge in [-0.1, -0.05) is 0 Å². The number of hydrogen-bond acceptors (Lipinski definition) is 5. The number of carboxylic acids is 1. The van der Waals surface area contributed by atoms with E-state index in [-0.39, 0.29) is 12.3 Å². The molecule has 0 aliphatic rings. The number of carbonyl (C=O) groups is 1. The van der Waals surface area contributed by atoms with Gasteiger partial charge in [-0.25, -0.2) is 0 Å². The number of hydrogen-bond donors (Lipinski definition) is 3. The summed E-state index contributed by atoms with van der Waals surface area (Å²) in [4.78, 5) is 10.8. The largest absolute Gasteiger partial charge is 0.544 e. The number of aromatic hydroxyl groups is 1. The molecule has 0 bridgehead atoms. The Kier molecular flexibility index (Phi) is 6.66. The Labute approximate surface area is 166 Å². The average molecular weight is 554 g/mol. The van der Waals surface area contributed by atoms with Crippen LogP contribution in [-0.2, 0) is 17.8 Å². The molecule has 24 heavy (non-hydrogen) atoms. The third-order valence-corrected chi connectivity index (χ3v) is 4.97. The second kappa shape index (κ2) is 8.32. The van der Waals surface area contributed by atoms with Gasteiger partial charge in [0.05, 0.1) is 13.1 Å². The maximum Gasteiger partial charge on any atom is 0.154 e. The molecule has 0 saturated heterocycles. The summed E-state index contributed by atoms with van der Waals surface area (Å²) in [6.45, 7) is 0.213. The second-order valence-corrected chi connectivity index (χ2v) is 7.53. The van der Waals surface area contributed by atoms with Crippen LogP contribution in [0.5, 0.6) is 17.2 Å². The highest BCUT2D eigenvalue weighted by molar-refractivity contribution is 14.1. The maximum absolute atomic E-state index is 10.8. The SMILES string of the molecule is NCc1cc(Oc2c(I)cc(CC([NH3+])C(=O)[O-])cc2I)ccc1O. The second-order valence-electron chi connectivity index (χ2n) is 5.21. The van der Waals surface area contributed by atoms with Crippen LogP contribution in [0.15, 0.2) is 30.3 Å². The molecular weight excluding hydrogens is 538 g/mol. The number of phenols is 1. The summed E-state index contributed by atoms with van der Waals surface area (Å²) in [5.41, 5.74) is 10.6. The van der Waals surface area contributed by atoms with Crippen LogP contribution in [0.25, 0.3) is 0 Å². The van der Waals surface area contributed by atoms with E-state index in [2.05, 4.69) is 50.9 Å². The average Bonchev–Trinajstić information content (AvgIpc) is 2.52. The molecule has 1 atom stereocenters. The highest BCUT2D eigenvalue weighted by Gasteiger charge is 2.14. The van der Waals surface area contributed by atoms with Gasteiger partial charge < -0.3 is 31.2 Å². The summed E-state index contributed by atoms with van der Waals surface area (Å²) < 4.78 is 7.62. The minimum atomic E-state index is -1.17. The zero-order valence-corrected chi connectivity index (χ0v) is 16.9. The Morgan fingerprint density at radius 3 is 2.46 bits per heavy atom. The first kappa shape index (κ1) is 19.2. The Bertz CT molecular complexity index is 745. The highest BCUT2D eigenvalue weighted by atomic mass is 127. The van der Waals surface area contributed by atoms with Crippen molar-refractivity contribution in [2.75, 3.05) is 0 Å². The molecular formula is C16H16I2N2O4. The summed E-state index contributed by atoms with van der Waals surface area (Å²) >= 11 is 4.28. The van der Waals surface area contributed by atoms with Crippen molar-refractivity contribution in [1.82, 2.24) is 0 Å². The molecule has 0 aromatic heterocycles. The van der Waals surface area contributed by atoms with E-state index in [1.807, 2.05) is 12.1 Å². The molecule has 8 heteroatoms. The molecule has 2 aromatic rings. The number of carboxylic acid groups (broad SMARTS) is 1. The van der Waals surface area contributed by atoms with Crippen molar-refractivity contribution in [3.05, 3.63) is 48.6 Å². The molecule has 0 amide bonds. The van der Waals surface area contributed by atoms with E-state index in [1.54, 1.807) is 18.2 Å². The van der Waals surface area contributed by atoms with Gasteiger partial charge in [0.15, 0.2) is 5.75 Å². The summed E-state index contributed by atoms with van der Waals surface area (Å²) in [7, 11) is 0. The van der Waals surface area contributed by atoms with Crippen LogP contribution in [0, 0.1) is 7.14 Å². The Morgan fingerprint density at radius 2 is 1.92 bits per heavy atom. The van der Waals surface area contributed by atoms with Crippen LogP contribution in [-0.4, -0.2) is 17.1 Å². The van der Waals surface area contributed by atoms with E-state index in [9.17, 15) is 15.0 Å². The van der Waals surface area contributed by atoms with E-state index in [0.717, 1.165) is 12.7 Å². The van der Waals surface area contributed by atoms with Gasteiger partial charge in [-0.15, -0.1) is 0 Å². The molecule has 0 heterocycles. The lowest BCUT2D eigenvalue weighted by atomic mass is 10.1. The van der Waals surface area contributed by atoms with E-state index >= 15 is 0 Å². The molecule has 2 aromatic carbocycles. The summed E-state index contributed by atoms with van der Waals surface area (Å²) in [6.07, 6.45) is 0.297. The molecule has 0 spiro atoms.